The Kier molecular flexibility index (Phi) is 5.56. The van der Waals surface area contributed by atoms with Gasteiger partial charge >= 0.3 is 0 Å². The monoisotopic (exact) mass is 317 g/mol. The number of nitrogens with zero attached hydrogens (tertiary/aromatic N) is 1. The molecule has 1 nitrogen and oxygen atoms in total. The molecule has 0 N–H and O–H groups in total. The van der Waals surface area contributed by atoms with E-state index in [1.807, 2.05) is 18.3 Å². The van der Waals surface area contributed by atoms with Crippen LogP contribution in [0.4, 0.5) is 0 Å². The van der Waals surface area contributed by atoms with Gasteiger partial charge in [-0.2, -0.15) is 0 Å². The van der Waals surface area contributed by atoms with Crippen LogP contribution in [0.5, 0.6) is 0 Å². The molecule has 0 aliphatic heterocycles. The quantitative estimate of drug-likeness (QED) is 0.602. The fraction of sp³-hybridized carbons (Fsp3) is 0.261. The van der Waals surface area contributed by atoms with Crippen molar-refractivity contribution in [3.05, 3.63) is 102 Å². The Morgan fingerprint density at radius 3 is 2.54 bits per heavy atom. The summed E-state index contributed by atoms with van der Waals surface area (Å²) in [6.07, 6.45) is 16.3. The molecule has 0 bridgehead atoms. The zero-order chi connectivity index (χ0) is 17.7. The van der Waals surface area contributed by atoms with Gasteiger partial charge in [-0.3, -0.25) is 4.98 Å². The van der Waals surface area contributed by atoms with Gasteiger partial charge in [0.2, 0.25) is 0 Å². The van der Waals surface area contributed by atoms with Gasteiger partial charge in [0.25, 0.3) is 0 Å². The molecule has 0 radical (unpaired) electrons. The highest BCUT2D eigenvalue weighted by atomic mass is 14.7. The molecular formula is C23H27N. The van der Waals surface area contributed by atoms with E-state index in [1.165, 1.54) is 11.1 Å². The molecule has 1 heterocycles. The third kappa shape index (κ3) is 4.32. The molecule has 0 saturated heterocycles. The van der Waals surface area contributed by atoms with Gasteiger partial charge < -0.3 is 0 Å². The van der Waals surface area contributed by atoms with Crippen LogP contribution in [0.15, 0.2) is 90.7 Å². The van der Waals surface area contributed by atoms with Crippen LogP contribution >= 0.6 is 0 Å². The molecule has 1 atom stereocenters. The van der Waals surface area contributed by atoms with Crippen LogP contribution in [0.25, 0.3) is 0 Å². The summed E-state index contributed by atoms with van der Waals surface area (Å²) in [7, 11) is 0. The van der Waals surface area contributed by atoms with Gasteiger partial charge in [-0.05, 0) is 41.2 Å². The summed E-state index contributed by atoms with van der Waals surface area (Å²) >= 11 is 0. The van der Waals surface area contributed by atoms with Crippen molar-refractivity contribution in [2.75, 3.05) is 0 Å². The third-order valence-electron chi connectivity index (χ3n) is 4.17. The molecule has 1 unspecified atom stereocenters. The van der Waals surface area contributed by atoms with Crippen LogP contribution in [-0.4, -0.2) is 4.98 Å². The zero-order valence-electron chi connectivity index (χ0n) is 15.2. The van der Waals surface area contributed by atoms with Crippen molar-refractivity contribution in [3.63, 3.8) is 0 Å². The number of rotatable bonds is 4. The summed E-state index contributed by atoms with van der Waals surface area (Å²) in [5.74, 6) is 0.144. The lowest BCUT2D eigenvalue weighted by Gasteiger charge is -2.20. The number of aromatic nitrogens is 1. The SMILES string of the molecule is C=C/C=C(\C=C)C1=CC(c2cc(C(C)(C)C)ccn2)C=C(C)C=C1. The van der Waals surface area contributed by atoms with E-state index < -0.39 is 0 Å². The van der Waals surface area contributed by atoms with Crippen molar-refractivity contribution < 1.29 is 0 Å². The predicted octanol–water partition coefficient (Wildman–Crippen LogP) is 6.20. The molecule has 1 aromatic rings. The van der Waals surface area contributed by atoms with Crippen molar-refractivity contribution in [3.8, 4) is 0 Å². The van der Waals surface area contributed by atoms with Gasteiger partial charge in [-0.1, -0.05) is 82.0 Å². The van der Waals surface area contributed by atoms with Crippen molar-refractivity contribution in [2.45, 2.75) is 39.0 Å². The van der Waals surface area contributed by atoms with Crippen LogP contribution in [0.1, 0.15) is 44.9 Å². The molecule has 0 spiro atoms. The molecule has 24 heavy (non-hydrogen) atoms. The maximum atomic E-state index is 4.64. The Morgan fingerprint density at radius 1 is 1.17 bits per heavy atom. The third-order valence-corrected chi connectivity index (χ3v) is 4.17. The minimum atomic E-state index is 0.112. The highest BCUT2D eigenvalue weighted by Crippen LogP contribution is 2.30. The number of hydrogen-bond acceptors (Lipinski definition) is 1. The highest BCUT2D eigenvalue weighted by molar-refractivity contribution is 5.52. The lowest BCUT2D eigenvalue weighted by atomic mass is 9.86. The second-order valence-electron chi connectivity index (χ2n) is 7.17. The second kappa shape index (κ2) is 7.44. The lowest BCUT2D eigenvalue weighted by molar-refractivity contribution is 0.587. The van der Waals surface area contributed by atoms with Gasteiger partial charge in [-0.15, -0.1) is 0 Å². The molecule has 0 fully saturated rings. The topological polar surface area (TPSA) is 12.9 Å². The van der Waals surface area contributed by atoms with Gasteiger partial charge in [0.15, 0.2) is 0 Å². The first-order valence-corrected chi connectivity index (χ1v) is 8.35. The minimum Gasteiger partial charge on any atom is -0.260 e. The Hall–Kier alpha value is -2.41. The van der Waals surface area contributed by atoms with Crippen molar-refractivity contribution in [1.29, 1.82) is 0 Å². The number of hydrogen-bond donors (Lipinski definition) is 0. The average Bonchev–Trinajstić information content (AvgIpc) is 2.74. The Labute approximate surface area is 146 Å². The first-order chi connectivity index (χ1) is 11.3. The molecule has 0 aromatic carbocycles. The fourth-order valence-corrected chi connectivity index (χ4v) is 2.73. The Morgan fingerprint density at radius 2 is 1.92 bits per heavy atom. The maximum absolute atomic E-state index is 4.64. The summed E-state index contributed by atoms with van der Waals surface area (Å²) in [6, 6.07) is 4.32. The predicted molar refractivity (Wildman–Crippen MR) is 105 cm³/mol. The Balaban J connectivity index is 2.51. The van der Waals surface area contributed by atoms with E-state index in [1.54, 1.807) is 6.08 Å². The smallest absolute Gasteiger partial charge is 0.0513 e. The summed E-state index contributed by atoms with van der Waals surface area (Å²) < 4.78 is 0. The largest absolute Gasteiger partial charge is 0.260 e. The van der Waals surface area contributed by atoms with Gasteiger partial charge in [0, 0.05) is 12.1 Å². The minimum absolute atomic E-state index is 0.112. The van der Waals surface area contributed by atoms with Crippen LogP contribution in [-0.2, 0) is 5.41 Å². The summed E-state index contributed by atoms with van der Waals surface area (Å²) in [6.45, 7) is 16.5. The molecule has 0 saturated carbocycles. The molecule has 124 valence electrons. The number of allylic oxidation sites excluding steroid dienone is 10. The van der Waals surface area contributed by atoms with Crippen LogP contribution in [0, 0.1) is 0 Å². The van der Waals surface area contributed by atoms with E-state index >= 15 is 0 Å². The summed E-state index contributed by atoms with van der Waals surface area (Å²) in [5, 5.41) is 0. The van der Waals surface area contributed by atoms with Gasteiger partial charge in [0.05, 0.1) is 5.69 Å². The lowest BCUT2D eigenvalue weighted by Crippen LogP contribution is -2.12. The van der Waals surface area contributed by atoms with E-state index in [9.17, 15) is 0 Å². The van der Waals surface area contributed by atoms with Crippen molar-refractivity contribution >= 4 is 0 Å². The molecule has 1 heteroatoms. The van der Waals surface area contributed by atoms with Gasteiger partial charge in [-0.25, -0.2) is 0 Å². The van der Waals surface area contributed by atoms with E-state index in [-0.39, 0.29) is 11.3 Å². The maximum Gasteiger partial charge on any atom is 0.0513 e. The highest BCUT2D eigenvalue weighted by Gasteiger charge is 2.17. The first-order valence-electron chi connectivity index (χ1n) is 8.35. The molecule has 1 aliphatic rings. The standard InChI is InChI=1S/C23H27N/c1-7-9-18(8-2)19-11-10-17(3)14-20(15-19)22-16-21(12-13-24-22)23(4,5)6/h7-16,20H,1-2H2,3-6H3/b18-9+. The molecular weight excluding hydrogens is 290 g/mol. The van der Waals surface area contributed by atoms with E-state index in [2.05, 4.69) is 82.3 Å². The van der Waals surface area contributed by atoms with Crippen molar-refractivity contribution in [1.82, 2.24) is 4.98 Å². The zero-order valence-corrected chi connectivity index (χ0v) is 15.2. The second-order valence-corrected chi connectivity index (χ2v) is 7.17. The summed E-state index contributed by atoms with van der Waals surface area (Å²) in [5.41, 5.74) is 5.94. The Bertz CT molecular complexity index is 748. The first kappa shape index (κ1) is 17.9. The molecule has 2 rings (SSSR count). The van der Waals surface area contributed by atoms with Gasteiger partial charge in [0.1, 0.15) is 0 Å². The molecule has 0 amide bonds. The summed E-state index contributed by atoms with van der Waals surface area (Å²) in [4.78, 5) is 4.64. The van der Waals surface area contributed by atoms with E-state index in [0.717, 1.165) is 16.8 Å². The molecule has 1 aliphatic carbocycles. The van der Waals surface area contributed by atoms with Crippen molar-refractivity contribution in [2.24, 2.45) is 0 Å². The van der Waals surface area contributed by atoms with Crippen LogP contribution in [0.2, 0.25) is 0 Å². The normalized spacial score (nSPS) is 18.5. The van der Waals surface area contributed by atoms with Crippen LogP contribution in [0.3, 0.4) is 0 Å². The average molecular weight is 317 g/mol. The number of pyridine rings is 1. The van der Waals surface area contributed by atoms with E-state index in [0.29, 0.717) is 0 Å². The molecule has 1 aromatic heterocycles. The van der Waals surface area contributed by atoms with Crippen LogP contribution < -0.4 is 0 Å². The van der Waals surface area contributed by atoms with E-state index in [4.69, 9.17) is 0 Å². The fourth-order valence-electron chi connectivity index (χ4n) is 2.73.